The number of alkyl halides is 1. The Morgan fingerprint density at radius 3 is 2.35 bits per heavy atom. The van der Waals surface area contributed by atoms with Crippen molar-refractivity contribution in [3.05, 3.63) is 70.7 Å². The van der Waals surface area contributed by atoms with Crippen LogP contribution in [0.3, 0.4) is 0 Å². The van der Waals surface area contributed by atoms with Crippen LogP contribution in [0.5, 0.6) is 0 Å². The zero-order chi connectivity index (χ0) is 15.8. The molecular formula is C18H20Cl2O2S. The molecular weight excluding hydrogens is 351 g/mol. The Morgan fingerprint density at radius 1 is 1.09 bits per heavy atom. The lowest BCUT2D eigenvalue weighted by molar-refractivity contribution is 0.0642. The first-order chi connectivity index (χ1) is 10.7. The molecule has 0 aliphatic rings. The molecule has 0 heterocycles. The molecule has 0 fully saturated rings. The van der Waals surface area contributed by atoms with Gasteiger partial charge in [-0.25, -0.2) is 0 Å². The minimum absolute atomic E-state index is 0. The summed E-state index contributed by atoms with van der Waals surface area (Å²) >= 11 is 11.5. The molecule has 23 heavy (non-hydrogen) atoms. The molecule has 2 aromatic rings. The van der Waals surface area contributed by atoms with Crippen LogP contribution >= 0.6 is 36.7 Å². The zero-order valence-corrected chi connectivity index (χ0v) is 15.1. The minimum Gasteiger partial charge on any atom is -0.389 e. The van der Waals surface area contributed by atoms with Gasteiger partial charge in [0, 0.05) is 5.02 Å². The summed E-state index contributed by atoms with van der Waals surface area (Å²) in [6.07, 6.45) is 1.41. The van der Waals surface area contributed by atoms with Gasteiger partial charge in [-0.15, -0.1) is 11.6 Å². The third kappa shape index (κ3) is 6.98. The predicted molar refractivity (Wildman–Crippen MR) is 104 cm³/mol. The molecule has 0 unspecified atom stereocenters. The summed E-state index contributed by atoms with van der Waals surface area (Å²) in [7, 11) is 0. The predicted octanol–water partition coefficient (Wildman–Crippen LogP) is 4.61. The molecule has 124 valence electrons. The molecule has 0 spiro atoms. The van der Waals surface area contributed by atoms with Crippen molar-refractivity contribution in [1.82, 2.24) is 0 Å². The van der Waals surface area contributed by atoms with Gasteiger partial charge in [-0.1, -0.05) is 54.1 Å². The molecule has 0 aromatic heterocycles. The van der Waals surface area contributed by atoms with Gasteiger partial charge in [0.25, 0.3) is 0 Å². The molecule has 0 saturated heterocycles. The van der Waals surface area contributed by atoms with Gasteiger partial charge in [-0.3, -0.25) is 0 Å². The highest BCUT2D eigenvalue weighted by Gasteiger charge is 2.06. The van der Waals surface area contributed by atoms with E-state index >= 15 is 0 Å². The fraction of sp³-hybridized carbons (Fsp3) is 0.222. The Morgan fingerprint density at radius 2 is 1.74 bits per heavy atom. The molecule has 0 saturated carbocycles. The SMILES string of the molecule is O[C@H](CCl)COC/C(=C/c1ccc(Cl)cc1)c1ccccc1.S. The molecule has 1 N–H and O–H groups in total. The fourth-order valence-electron chi connectivity index (χ4n) is 1.97. The Kier molecular flexibility index (Phi) is 9.37. The standard InChI is InChI=1S/C18H18Cl2O2.H2S/c19-11-18(21)13-22-12-16(15-4-2-1-3-5-15)10-14-6-8-17(20)9-7-14;/h1-10,18,21H,11-13H2;1H2/b16-10-;/t18-;/m1./s1. The summed E-state index contributed by atoms with van der Waals surface area (Å²) in [5.74, 6) is 0.168. The Balaban J connectivity index is 0.00000264. The van der Waals surface area contributed by atoms with E-state index in [1.807, 2.05) is 54.6 Å². The van der Waals surface area contributed by atoms with E-state index < -0.39 is 6.10 Å². The molecule has 0 bridgehead atoms. The lowest BCUT2D eigenvalue weighted by Gasteiger charge is -2.12. The van der Waals surface area contributed by atoms with Crippen LogP contribution in [0, 0.1) is 0 Å². The molecule has 2 rings (SSSR count). The second-order valence-corrected chi connectivity index (χ2v) is 5.66. The highest BCUT2D eigenvalue weighted by atomic mass is 35.5. The molecule has 0 aliphatic heterocycles. The minimum atomic E-state index is -0.644. The third-order valence-electron chi connectivity index (χ3n) is 3.10. The first-order valence-electron chi connectivity index (χ1n) is 7.02. The quantitative estimate of drug-likeness (QED) is 0.569. The summed E-state index contributed by atoms with van der Waals surface area (Å²) in [6, 6.07) is 17.6. The number of benzene rings is 2. The Bertz CT molecular complexity index is 600. The van der Waals surface area contributed by atoms with Gasteiger partial charge >= 0.3 is 0 Å². The van der Waals surface area contributed by atoms with Gasteiger partial charge in [0.05, 0.1) is 25.2 Å². The van der Waals surface area contributed by atoms with Crippen LogP contribution in [0.15, 0.2) is 54.6 Å². The van der Waals surface area contributed by atoms with Crippen LogP contribution in [-0.4, -0.2) is 30.3 Å². The van der Waals surface area contributed by atoms with E-state index in [9.17, 15) is 5.11 Å². The lowest BCUT2D eigenvalue weighted by atomic mass is 10.0. The van der Waals surface area contributed by atoms with Gasteiger partial charge in [0.15, 0.2) is 0 Å². The molecule has 2 aromatic carbocycles. The van der Waals surface area contributed by atoms with Crippen molar-refractivity contribution in [2.45, 2.75) is 6.10 Å². The average molecular weight is 371 g/mol. The Labute approximate surface area is 154 Å². The second kappa shape index (κ2) is 10.7. The number of ether oxygens (including phenoxy) is 1. The van der Waals surface area contributed by atoms with Crippen LogP contribution in [0.2, 0.25) is 5.02 Å². The number of hydrogen-bond donors (Lipinski definition) is 1. The molecule has 5 heteroatoms. The normalized spacial score (nSPS) is 12.6. The van der Waals surface area contributed by atoms with Crippen molar-refractivity contribution < 1.29 is 9.84 Å². The number of hydrogen-bond acceptors (Lipinski definition) is 2. The van der Waals surface area contributed by atoms with E-state index in [1.165, 1.54) is 0 Å². The summed E-state index contributed by atoms with van der Waals surface area (Å²) in [5, 5.41) is 10.2. The molecule has 2 nitrogen and oxygen atoms in total. The number of halogens is 2. The average Bonchev–Trinajstić information content (AvgIpc) is 2.56. The summed E-state index contributed by atoms with van der Waals surface area (Å²) < 4.78 is 5.57. The van der Waals surface area contributed by atoms with Crippen LogP contribution in [-0.2, 0) is 4.74 Å². The highest BCUT2D eigenvalue weighted by Crippen LogP contribution is 2.20. The van der Waals surface area contributed by atoms with E-state index in [1.54, 1.807) is 0 Å². The van der Waals surface area contributed by atoms with Crippen molar-refractivity contribution in [2.75, 3.05) is 19.1 Å². The van der Waals surface area contributed by atoms with Crippen molar-refractivity contribution in [1.29, 1.82) is 0 Å². The molecule has 1 atom stereocenters. The van der Waals surface area contributed by atoms with E-state index in [4.69, 9.17) is 27.9 Å². The smallest absolute Gasteiger partial charge is 0.0908 e. The largest absolute Gasteiger partial charge is 0.389 e. The summed E-state index contributed by atoms with van der Waals surface area (Å²) in [6.45, 7) is 0.620. The first kappa shape index (κ1) is 20.1. The summed E-state index contributed by atoms with van der Waals surface area (Å²) in [4.78, 5) is 0. The molecule has 0 radical (unpaired) electrons. The molecule has 0 amide bonds. The third-order valence-corrected chi connectivity index (χ3v) is 3.71. The monoisotopic (exact) mass is 370 g/mol. The lowest BCUT2D eigenvalue weighted by Crippen LogP contribution is -2.17. The van der Waals surface area contributed by atoms with Gasteiger partial charge in [0.1, 0.15) is 0 Å². The Hall–Kier alpha value is -0.970. The van der Waals surface area contributed by atoms with Crippen molar-refractivity contribution in [3.63, 3.8) is 0 Å². The van der Waals surface area contributed by atoms with Crippen molar-refractivity contribution >= 4 is 48.3 Å². The number of rotatable bonds is 7. The van der Waals surface area contributed by atoms with Crippen LogP contribution in [0.1, 0.15) is 11.1 Å². The number of aliphatic hydroxyl groups excluding tert-OH is 1. The number of aliphatic hydroxyl groups is 1. The van der Waals surface area contributed by atoms with Crippen LogP contribution in [0.25, 0.3) is 11.6 Å². The van der Waals surface area contributed by atoms with Crippen LogP contribution < -0.4 is 0 Å². The van der Waals surface area contributed by atoms with E-state index in [-0.39, 0.29) is 26.0 Å². The van der Waals surface area contributed by atoms with Gasteiger partial charge < -0.3 is 9.84 Å². The highest BCUT2D eigenvalue weighted by molar-refractivity contribution is 7.59. The van der Waals surface area contributed by atoms with E-state index in [0.29, 0.717) is 11.6 Å². The van der Waals surface area contributed by atoms with Gasteiger partial charge in [0.2, 0.25) is 0 Å². The van der Waals surface area contributed by atoms with E-state index in [0.717, 1.165) is 16.7 Å². The second-order valence-electron chi connectivity index (χ2n) is 4.91. The maximum Gasteiger partial charge on any atom is 0.0908 e. The van der Waals surface area contributed by atoms with Crippen molar-refractivity contribution in [2.24, 2.45) is 0 Å². The fourth-order valence-corrected chi connectivity index (χ4v) is 2.19. The zero-order valence-electron chi connectivity index (χ0n) is 12.6. The maximum absolute atomic E-state index is 9.47. The van der Waals surface area contributed by atoms with Crippen LogP contribution in [0.4, 0.5) is 0 Å². The summed E-state index contributed by atoms with van der Waals surface area (Å²) in [5.41, 5.74) is 3.16. The topological polar surface area (TPSA) is 29.5 Å². The molecule has 0 aliphatic carbocycles. The van der Waals surface area contributed by atoms with Crippen molar-refractivity contribution in [3.8, 4) is 0 Å². The van der Waals surface area contributed by atoms with E-state index in [2.05, 4.69) is 6.08 Å². The first-order valence-corrected chi connectivity index (χ1v) is 7.93. The van der Waals surface area contributed by atoms with Gasteiger partial charge in [-0.2, -0.15) is 13.5 Å². The maximum atomic E-state index is 9.47. The van der Waals surface area contributed by atoms with Gasteiger partial charge in [-0.05, 0) is 34.9 Å².